The van der Waals surface area contributed by atoms with E-state index < -0.39 is 0 Å². The molecule has 3 aliphatic heterocycles. The second-order valence-corrected chi connectivity index (χ2v) is 7.02. The summed E-state index contributed by atoms with van der Waals surface area (Å²) in [4.78, 5) is 15.5. The van der Waals surface area contributed by atoms with E-state index in [9.17, 15) is 4.79 Å². The minimum atomic E-state index is -0.0586. The van der Waals surface area contributed by atoms with Gasteiger partial charge in [-0.25, -0.2) is 0 Å². The number of thiophene rings is 1. The van der Waals surface area contributed by atoms with Crippen LogP contribution in [0.25, 0.3) is 0 Å². The summed E-state index contributed by atoms with van der Waals surface area (Å²) in [6, 6.07) is 3.70. The van der Waals surface area contributed by atoms with Crippen LogP contribution in [-0.2, 0) is 0 Å². The summed E-state index contributed by atoms with van der Waals surface area (Å²) in [5.41, 5.74) is 0. The summed E-state index contributed by atoms with van der Waals surface area (Å²) in [6.45, 7) is 3.26. The van der Waals surface area contributed by atoms with Crippen LogP contribution in [0.4, 0.5) is 0 Å². The first kappa shape index (κ1) is 15.4. The molecule has 0 spiro atoms. The van der Waals surface area contributed by atoms with E-state index in [0.29, 0.717) is 15.9 Å². The Hall–Kier alpha value is -2.13. The minimum absolute atomic E-state index is 0.0157. The van der Waals surface area contributed by atoms with E-state index in [1.165, 1.54) is 31.3 Å². The number of amides is 1. The van der Waals surface area contributed by atoms with Crippen LogP contribution in [0.5, 0.6) is 17.2 Å². The molecule has 5 rings (SSSR count). The summed E-state index contributed by atoms with van der Waals surface area (Å²) >= 11 is 1.24. The third-order valence-corrected chi connectivity index (χ3v) is 5.49. The van der Waals surface area contributed by atoms with E-state index in [1.54, 1.807) is 12.1 Å². The number of hydrogen-bond acceptors (Lipinski definition) is 8. The van der Waals surface area contributed by atoms with E-state index >= 15 is 0 Å². The molecule has 0 aromatic carbocycles. The molecular weight excluding hydrogens is 332 g/mol. The molecule has 5 heterocycles. The van der Waals surface area contributed by atoms with E-state index in [0.717, 1.165) is 19.6 Å². The molecule has 1 amide bonds. The van der Waals surface area contributed by atoms with Gasteiger partial charge in [0.15, 0.2) is 5.06 Å². The van der Waals surface area contributed by atoms with Gasteiger partial charge in [0, 0.05) is 12.6 Å². The first-order valence-electron chi connectivity index (χ1n) is 7.89. The van der Waals surface area contributed by atoms with Gasteiger partial charge in [-0.1, -0.05) is 21.5 Å². The van der Waals surface area contributed by atoms with Gasteiger partial charge in [-0.15, -0.1) is 0 Å². The number of ether oxygens (including phenoxy) is 2. The Labute approximate surface area is 142 Å². The molecule has 1 N–H and O–H groups in total. The highest BCUT2D eigenvalue weighted by atomic mass is 32.1. The average molecular weight is 350 g/mol. The van der Waals surface area contributed by atoms with Crippen molar-refractivity contribution in [3.63, 3.8) is 0 Å². The first-order chi connectivity index (χ1) is 11.7. The van der Waals surface area contributed by atoms with Gasteiger partial charge < -0.3 is 24.1 Å². The summed E-state index contributed by atoms with van der Waals surface area (Å²) in [7, 11) is 1.43. The maximum absolute atomic E-state index is 12.5. The van der Waals surface area contributed by atoms with Crippen molar-refractivity contribution in [2.75, 3.05) is 26.7 Å². The second-order valence-electron chi connectivity index (χ2n) is 5.98. The largest absolute Gasteiger partial charge is 0.452 e. The van der Waals surface area contributed by atoms with Crippen LogP contribution in [0.1, 0.15) is 22.5 Å². The van der Waals surface area contributed by atoms with Crippen LogP contribution in [0.15, 0.2) is 16.5 Å². The molecule has 0 aliphatic carbocycles. The van der Waals surface area contributed by atoms with Crippen LogP contribution in [0.2, 0.25) is 0 Å². The maximum Gasteiger partial charge on any atom is 0.423 e. The lowest BCUT2D eigenvalue weighted by Gasteiger charge is -2.44. The molecule has 0 saturated carbocycles. The maximum atomic E-state index is 12.5. The van der Waals surface area contributed by atoms with Crippen molar-refractivity contribution >= 4 is 17.2 Å². The number of nitrogens with zero attached hydrogens (tertiary/aromatic N) is 3. The zero-order valence-electron chi connectivity index (χ0n) is 13.2. The summed E-state index contributed by atoms with van der Waals surface area (Å²) in [5.74, 6) is 0.539. The molecule has 1 atom stereocenters. The second kappa shape index (κ2) is 6.40. The molecule has 3 fully saturated rings. The fourth-order valence-corrected chi connectivity index (χ4v) is 4.03. The van der Waals surface area contributed by atoms with Gasteiger partial charge in [-0.3, -0.25) is 4.79 Å². The van der Waals surface area contributed by atoms with Crippen LogP contribution in [-0.4, -0.2) is 53.8 Å². The molecular formula is C15H18N4O4S. The third-order valence-electron chi connectivity index (χ3n) is 4.53. The topological polar surface area (TPSA) is 89.7 Å². The lowest BCUT2D eigenvalue weighted by atomic mass is 9.84. The van der Waals surface area contributed by atoms with Gasteiger partial charge >= 0.3 is 12.2 Å². The van der Waals surface area contributed by atoms with Gasteiger partial charge in [-0.05, 0) is 44.0 Å². The molecule has 128 valence electrons. The highest BCUT2D eigenvalue weighted by molar-refractivity contribution is 7.15. The van der Waals surface area contributed by atoms with Gasteiger partial charge in [0.05, 0.1) is 12.0 Å². The number of aromatic nitrogens is 2. The van der Waals surface area contributed by atoms with Crippen molar-refractivity contribution in [2.45, 2.75) is 18.9 Å². The molecule has 9 heteroatoms. The Balaban J connectivity index is 1.38. The number of carbonyl (C=O) groups is 1. The normalized spacial score (nSPS) is 25.5. The molecule has 1 unspecified atom stereocenters. The van der Waals surface area contributed by atoms with Gasteiger partial charge in [-0.2, -0.15) is 0 Å². The van der Waals surface area contributed by atoms with Crippen molar-refractivity contribution in [1.82, 2.24) is 20.4 Å². The summed E-state index contributed by atoms with van der Waals surface area (Å²) < 4.78 is 15.3. The predicted octanol–water partition coefficient (Wildman–Crippen LogP) is 1.76. The van der Waals surface area contributed by atoms with Gasteiger partial charge in [0.1, 0.15) is 0 Å². The van der Waals surface area contributed by atoms with Crippen molar-refractivity contribution in [2.24, 2.45) is 5.92 Å². The van der Waals surface area contributed by atoms with Crippen molar-refractivity contribution < 1.29 is 18.7 Å². The predicted molar refractivity (Wildman–Crippen MR) is 85.7 cm³/mol. The van der Waals surface area contributed by atoms with E-state index in [4.69, 9.17) is 13.9 Å². The van der Waals surface area contributed by atoms with Crippen LogP contribution < -0.4 is 14.8 Å². The highest BCUT2D eigenvalue weighted by Gasteiger charge is 2.35. The Morgan fingerprint density at radius 1 is 1.33 bits per heavy atom. The quantitative estimate of drug-likeness (QED) is 0.878. The number of carbonyl (C=O) groups excluding carboxylic acids is 1. The van der Waals surface area contributed by atoms with Gasteiger partial charge in [0.25, 0.3) is 5.91 Å². The summed E-state index contributed by atoms with van der Waals surface area (Å²) in [5, 5.41) is 11.0. The third kappa shape index (κ3) is 3.09. The molecule has 2 bridgehead atoms. The molecule has 24 heavy (non-hydrogen) atoms. The van der Waals surface area contributed by atoms with Crippen molar-refractivity contribution in [3.05, 3.63) is 17.0 Å². The molecule has 3 saturated heterocycles. The minimum Gasteiger partial charge on any atom is -0.452 e. The van der Waals surface area contributed by atoms with E-state index in [2.05, 4.69) is 20.4 Å². The number of hydrogen-bond donors (Lipinski definition) is 1. The number of nitrogens with one attached hydrogen (secondary N) is 1. The van der Waals surface area contributed by atoms with Gasteiger partial charge in [0.2, 0.25) is 0 Å². The summed E-state index contributed by atoms with van der Waals surface area (Å²) in [6.07, 6.45) is 2.35. The fraction of sp³-hybridized carbons (Fsp3) is 0.533. The number of piperidine rings is 3. The fourth-order valence-electron chi connectivity index (χ4n) is 3.27. The molecule has 8 nitrogen and oxygen atoms in total. The molecule has 2 aromatic rings. The zero-order chi connectivity index (χ0) is 16.5. The molecule has 3 aliphatic rings. The van der Waals surface area contributed by atoms with Crippen LogP contribution in [0, 0.1) is 5.92 Å². The number of fused-ring (bicyclic) bond motifs is 3. The Kier molecular flexibility index (Phi) is 4.11. The first-order valence-corrected chi connectivity index (χ1v) is 8.71. The van der Waals surface area contributed by atoms with E-state index in [1.807, 2.05) is 0 Å². The smallest absolute Gasteiger partial charge is 0.423 e. The van der Waals surface area contributed by atoms with Crippen molar-refractivity contribution in [1.29, 1.82) is 0 Å². The Morgan fingerprint density at radius 2 is 2.12 bits per heavy atom. The molecule has 0 radical (unpaired) electrons. The Morgan fingerprint density at radius 3 is 2.79 bits per heavy atom. The average Bonchev–Trinajstić information content (AvgIpc) is 3.26. The van der Waals surface area contributed by atoms with Crippen molar-refractivity contribution in [3.8, 4) is 17.2 Å². The number of methoxy groups -OCH3 is 1. The lowest BCUT2D eigenvalue weighted by Crippen LogP contribution is -2.57. The lowest BCUT2D eigenvalue weighted by molar-refractivity contribution is 0.0622. The van der Waals surface area contributed by atoms with Crippen LogP contribution in [0.3, 0.4) is 0 Å². The Bertz CT molecular complexity index is 723. The highest BCUT2D eigenvalue weighted by Crippen LogP contribution is 2.31. The zero-order valence-corrected chi connectivity index (χ0v) is 14.0. The molecule has 2 aromatic heterocycles. The van der Waals surface area contributed by atoms with E-state index in [-0.39, 0.29) is 24.1 Å². The standard InChI is InChI=1S/C15H18N4O4S/c1-21-14-17-18-15(23-14)22-12-3-2-11(24-12)13(20)16-10-8-19-6-4-9(10)5-7-19/h2-3,9-10H,4-8H2,1H3,(H,16,20). The SMILES string of the molecule is COc1nnc(Oc2ccc(C(=O)NC3CN4CCC3CC4)s2)o1. The van der Waals surface area contributed by atoms with Crippen LogP contribution >= 0.6 is 11.3 Å². The number of rotatable bonds is 5. The monoisotopic (exact) mass is 350 g/mol.